The van der Waals surface area contributed by atoms with Crippen LogP contribution in [0.5, 0.6) is 11.5 Å². The van der Waals surface area contributed by atoms with Crippen molar-refractivity contribution < 1.29 is 9.66 Å². The summed E-state index contributed by atoms with van der Waals surface area (Å²) in [6, 6.07) is 11.9. The number of nitrogens with zero attached hydrogens (tertiary/aromatic N) is 1. The van der Waals surface area contributed by atoms with E-state index < -0.39 is 4.92 Å². The molecule has 2 rings (SSSR count). The molecule has 0 aliphatic rings. The quantitative estimate of drug-likeness (QED) is 0.679. The monoisotopic (exact) mass is 272 g/mol. The molecule has 0 unspecified atom stereocenters. The van der Waals surface area contributed by atoms with Gasteiger partial charge in [-0.25, -0.2) is 0 Å². The number of aryl methyl sites for hydroxylation is 1. The summed E-state index contributed by atoms with van der Waals surface area (Å²) in [6.07, 6.45) is 0. The maximum absolute atomic E-state index is 11.0. The van der Waals surface area contributed by atoms with E-state index in [4.69, 9.17) is 10.5 Å². The Labute approximate surface area is 117 Å². The fraction of sp³-hybridized carbons (Fsp3) is 0.200. The Balaban J connectivity index is 2.29. The van der Waals surface area contributed by atoms with Crippen LogP contribution in [0.25, 0.3) is 0 Å². The molecule has 0 aliphatic heterocycles. The molecule has 0 aliphatic carbocycles. The zero-order valence-electron chi connectivity index (χ0n) is 11.4. The van der Waals surface area contributed by atoms with Gasteiger partial charge in [-0.1, -0.05) is 18.2 Å². The first-order chi connectivity index (χ1) is 9.47. The molecule has 0 saturated heterocycles. The van der Waals surface area contributed by atoms with Gasteiger partial charge in [-0.05, 0) is 43.2 Å². The molecule has 0 aromatic heterocycles. The smallest absolute Gasteiger partial charge is 0.311 e. The molecule has 5 nitrogen and oxygen atoms in total. The van der Waals surface area contributed by atoms with Crippen LogP contribution in [0.15, 0.2) is 42.5 Å². The predicted molar refractivity (Wildman–Crippen MR) is 77.0 cm³/mol. The second-order valence-electron chi connectivity index (χ2n) is 4.69. The third-order valence-electron chi connectivity index (χ3n) is 2.95. The van der Waals surface area contributed by atoms with Crippen LogP contribution in [-0.4, -0.2) is 4.92 Å². The molecule has 0 spiro atoms. The van der Waals surface area contributed by atoms with E-state index in [9.17, 15) is 10.1 Å². The zero-order valence-corrected chi connectivity index (χ0v) is 11.4. The molecule has 0 amide bonds. The van der Waals surface area contributed by atoms with E-state index in [2.05, 4.69) is 0 Å². The molecule has 5 heteroatoms. The maximum Gasteiger partial charge on any atom is 0.311 e. The van der Waals surface area contributed by atoms with Gasteiger partial charge in [0.1, 0.15) is 5.75 Å². The van der Waals surface area contributed by atoms with Crippen molar-refractivity contribution in [3.8, 4) is 11.5 Å². The highest BCUT2D eigenvalue weighted by molar-refractivity contribution is 5.50. The van der Waals surface area contributed by atoms with Gasteiger partial charge in [0.15, 0.2) is 0 Å². The second kappa shape index (κ2) is 5.71. The summed E-state index contributed by atoms with van der Waals surface area (Å²) in [6.45, 7) is 3.75. The Morgan fingerprint density at radius 1 is 1.20 bits per heavy atom. The average Bonchev–Trinajstić information content (AvgIpc) is 2.39. The highest BCUT2D eigenvalue weighted by Crippen LogP contribution is 2.32. The molecule has 104 valence electrons. The normalized spacial score (nSPS) is 11.9. The molecule has 0 saturated carbocycles. The third-order valence-corrected chi connectivity index (χ3v) is 2.95. The van der Waals surface area contributed by atoms with Crippen molar-refractivity contribution >= 4 is 5.69 Å². The molecule has 0 heterocycles. The summed E-state index contributed by atoms with van der Waals surface area (Å²) in [5.41, 5.74) is 7.60. The van der Waals surface area contributed by atoms with Crippen molar-refractivity contribution in [3.63, 3.8) is 0 Å². The number of ether oxygens (including phenoxy) is 1. The number of nitrogens with two attached hydrogens (primary N) is 1. The maximum atomic E-state index is 11.0. The Morgan fingerprint density at radius 3 is 2.40 bits per heavy atom. The number of rotatable bonds is 4. The Bertz CT molecular complexity index is 622. The van der Waals surface area contributed by atoms with E-state index >= 15 is 0 Å². The molecular formula is C15H16N2O3. The first kappa shape index (κ1) is 14.0. The minimum absolute atomic E-state index is 0.0492. The number of hydrogen-bond donors (Lipinski definition) is 1. The fourth-order valence-electron chi connectivity index (χ4n) is 1.82. The van der Waals surface area contributed by atoms with E-state index in [1.165, 1.54) is 6.07 Å². The zero-order chi connectivity index (χ0) is 14.7. The van der Waals surface area contributed by atoms with Crippen LogP contribution < -0.4 is 10.5 Å². The van der Waals surface area contributed by atoms with Crippen molar-refractivity contribution in [2.75, 3.05) is 0 Å². The van der Waals surface area contributed by atoms with Gasteiger partial charge < -0.3 is 10.5 Å². The Hall–Kier alpha value is -2.40. The van der Waals surface area contributed by atoms with Gasteiger partial charge in [-0.2, -0.15) is 0 Å². The first-order valence-corrected chi connectivity index (χ1v) is 6.26. The molecule has 0 bridgehead atoms. The Kier molecular flexibility index (Phi) is 4.00. The molecule has 2 aromatic rings. The van der Waals surface area contributed by atoms with Gasteiger partial charge in [0, 0.05) is 12.1 Å². The minimum Gasteiger partial charge on any atom is -0.450 e. The SMILES string of the molecule is Cc1ccc([N+](=O)[O-])c(Oc2ccc([C@@H](C)N)cc2)c1. The highest BCUT2D eigenvalue weighted by Gasteiger charge is 2.15. The van der Waals surface area contributed by atoms with Crippen LogP contribution in [0.2, 0.25) is 0 Å². The van der Waals surface area contributed by atoms with Gasteiger partial charge in [0.2, 0.25) is 5.75 Å². The highest BCUT2D eigenvalue weighted by atomic mass is 16.6. The number of nitro groups is 1. The van der Waals surface area contributed by atoms with Crippen molar-refractivity contribution in [1.29, 1.82) is 0 Å². The second-order valence-corrected chi connectivity index (χ2v) is 4.69. The van der Waals surface area contributed by atoms with Crippen molar-refractivity contribution in [2.45, 2.75) is 19.9 Å². The molecule has 2 aromatic carbocycles. The molecule has 2 N–H and O–H groups in total. The van der Waals surface area contributed by atoms with Crippen molar-refractivity contribution in [1.82, 2.24) is 0 Å². The lowest BCUT2D eigenvalue weighted by atomic mass is 10.1. The fourth-order valence-corrected chi connectivity index (χ4v) is 1.82. The van der Waals surface area contributed by atoms with Gasteiger partial charge in [0.05, 0.1) is 4.92 Å². The third kappa shape index (κ3) is 3.13. The molecule has 20 heavy (non-hydrogen) atoms. The topological polar surface area (TPSA) is 78.4 Å². The molecule has 0 fully saturated rings. The van der Waals surface area contributed by atoms with Gasteiger partial charge in [-0.15, -0.1) is 0 Å². The van der Waals surface area contributed by atoms with Crippen LogP contribution in [0.4, 0.5) is 5.69 Å². The van der Waals surface area contributed by atoms with Crippen LogP contribution in [0.1, 0.15) is 24.1 Å². The van der Waals surface area contributed by atoms with Crippen LogP contribution in [0.3, 0.4) is 0 Å². The largest absolute Gasteiger partial charge is 0.450 e. The average molecular weight is 272 g/mol. The molecule has 1 atom stereocenters. The number of nitro benzene ring substituents is 1. The minimum atomic E-state index is -0.453. The lowest BCUT2D eigenvalue weighted by Gasteiger charge is -2.09. The number of benzene rings is 2. The summed E-state index contributed by atoms with van der Waals surface area (Å²) in [5.74, 6) is 0.784. The van der Waals surface area contributed by atoms with E-state index in [-0.39, 0.29) is 17.5 Å². The summed E-state index contributed by atoms with van der Waals surface area (Å²) in [4.78, 5) is 10.5. The van der Waals surface area contributed by atoms with Gasteiger partial charge in [0.25, 0.3) is 0 Å². The van der Waals surface area contributed by atoms with E-state index in [0.717, 1.165) is 11.1 Å². The van der Waals surface area contributed by atoms with E-state index in [1.54, 1.807) is 24.3 Å². The standard InChI is InChI=1S/C15H16N2O3/c1-10-3-8-14(17(18)19)15(9-10)20-13-6-4-12(5-7-13)11(2)16/h3-9,11H,16H2,1-2H3/t11-/m1/s1. The lowest BCUT2D eigenvalue weighted by Crippen LogP contribution is -2.04. The first-order valence-electron chi connectivity index (χ1n) is 6.26. The summed E-state index contributed by atoms with van der Waals surface area (Å²) in [5, 5.41) is 11.0. The van der Waals surface area contributed by atoms with Crippen LogP contribution in [-0.2, 0) is 0 Å². The summed E-state index contributed by atoms with van der Waals surface area (Å²) in [7, 11) is 0. The van der Waals surface area contributed by atoms with Crippen LogP contribution >= 0.6 is 0 Å². The summed E-state index contributed by atoms with van der Waals surface area (Å²) >= 11 is 0. The van der Waals surface area contributed by atoms with Crippen LogP contribution in [0, 0.1) is 17.0 Å². The predicted octanol–water partition coefficient (Wildman–Crippen LogP) is 3.72. The van der Waals surface area contributed by atoms with Gasteiger partial charge >= 0.3 is 5.69 Å². The molecular weight excluding hydrogens is 256 g/mol. The summed E-state index contributed by atoms with van der Waals surface area (Å²) < 4.78 is 5.60. The lowest BCUT2D eigenvalue weighted by molar-refractivity contribution is -0.385. The van der Waals surface area contributed by atoms with Gasteiger partial charge in [-0.3, -0.25) is 10.1 Å². The van der Waals surface area contributed by atoms with Crippen molar-refractivity contribution in [3.05, 3.63) is 63.7 Å². The van der Waals surface area contributed by atoms with Crippen molar-refractivity contribution in [2.24, 2.45) is 5.73 Å². The van der Waals surface area contributed by atoms with E-state index in [1.807, 2.05) is 26.0 Å². The molecule has 0 radical (unpaired) electrons. The number of hydrogen-bond acceptors (Lipinski definition) is 4. The van der Waals surface area contributed by atoms with E-state index in [0.29, 0.717) is 5.75 Å². The Morgan fingerprint density at radius 2 is 1.85 bits per heavy atom.